The van der Waals surface area contributed by atoms with Crippen molar-refractivity contribution < 1.29 is 21.2 Å². The van der Waals surface area contributed by atoms with Crippen LogP contribution in [0.15, 0.2) is 12.1 Å². The Morgan fingerprint density at radius 2 is 1.71 bits per heavy atom. The van der Waals surface area contributed by atoms with Crippen LogP contribution in [0.4, 0.5) is 5.69 Å². The molecule has 2 N–H and O–H groups in total. The van der Waals surface area contributed by atoms with Gasteiger partial charge in [0.15, 0.2) is 0 Å². The topological polar surface area (TPSA) is 26.0 Å². The molecule has 0 bridgehead atoms. The predicted octanol–water partition coefficient (Wildman–Crippen LogP) is 1.07. The van der Waals surface area contributed by atoms with Crippen molar-refractivity contribution in [1.29, 1.82) is 0 Å². The molecule has 1 heterocycles. The van der Waals surface area contributed by atoms with E-state index in [1.807, 2.05) is 0 Å². The van der Waals surface area contributed by atoms with Gasteiger partial charge in [0, 0.05) is 0 Å². The Labute approximate surface area is 137 Å². The van der Waals surface area contributed by atoms with Crippen molar-refractivity contribution in [3.05, 3.63) is 38.0 Å². The zero-order chi connectivity index (χ0) is 14.4. The molecule has 1 nitrogen and oxygen atoms in total. The molecule has 1 aliphatic heterocycles. The number of hydrogen-bond donors (Lipinski definition) is 1. The monoisotopic (exact) mass is 392 g/mol. The third kappa shape index (κ3) is 2.18. The van der Waals surface area contributed by atoms with Crippen LogP contribution in [0.25, 0.3) is 10.8 Å². The van der Waals surface area contributed by atoms with Crippen molar-refractivity contribution in [2.45, 2.75) is 51.9 Å². The fraction of sp³-hybridized carbons (Fsp3) is 0.474. The number of halogens is 1. The molecule has 112 valence electrons. The molecule has 0 saturated carbocycles. The number of hydrogen-bond acceptors (Lipinski definition) is 1. The van der Waals surface area contributed by atoms with E-state index in [9.17, 15) is 0 Å². The summed E-state index contributed by atoms with van der Waals surface area (Å²) in [6, 6.07) is 4.84. The molecule has 0 atom stereocenters. The number of nitrogen functional groups attached to an aromatic ring is 1. The molecule has 0 amide bonds. The summed E-state index contributed by atoms with van der Waals surface area (Å²) in [6.07, 6.45) is 8.98. The van der Waals surface area contributed by atoms with E-state index in [1.165, 1.54) is 60.3 Å². The SMILES string of the molecule is CCc1cc2c3c(c(N)cc2c2c1CCCC2)CCC[I-]3. The first-order chi connectivity index (χ1) is 10.3. The first kappa shape index (κ1) is 13.9. The van der Waals surface area contributed by atoms with Crippen LogP contribution >= 0.6 is 0 Å². The molecule has 0 fully saturated rings. The van der Waals surface area contributed by atoms with Gasteiger partial charge in [0.1, 0.15) is 0 Å². The normalized spacial score (nSPS) is 18.0. The van der Waals surface area contributed by atoms with Gasteiger partial charge in [0.2, 0.25) is 0 Å². The zero-order valence-corrected chi connectivity index (χ0v) is 14.9. The fourth-order valence-electron chi connectivity index (χ4n) is 4.06. The molecule has 0 radical (unpaired) electrons. The second-order valence-corrected chi connectivity index (χ2v) is 9.25. The summed E-state index contributed by atoms with van der Waals surface area (Å²) < 4.78 is 3.11. The van der Waals surface area contributed by atoms with E-state index >= 15 is 0 Å². The maximum atomic E-state index is 6.43. The van der Waals surface area contributed by atoms with Crippen molar-refractivity contribution in [2.75, 3.05) is 10.2 Å². The van der Waals surface area contributed by atoms with Crippen molar-refractivity contribution in [3.63, 3.8) is 0 Å². The standard InChI is InChI=1S/C19H23IN/c1-2-12-10-17-16(14-7-4-3-6-13(12)14)11-18(21)15-8-5-9-20-19(15)17/h10-11H,2-9,21H2,1H3/q-1. The average Bonchev–Trinajstić information content (AvgIpc) is 2.55. The number of alkyl halides is 1. The van der Waals surface area contributed by atoms with Crippen LogP contribution < -0.4 is 26.9 Å². The van der Waals surface area contributed by atoms with Crippen molar-refractivity contribution >= 4 is 16.5 Å². The minimum absolute atomic E-state index is 0.163. The number of aryl methyl sites for hydroxylation is 2. The summed E-state index contributed by atoms with van der Waals surface area (Å²) in [5.41, 5.74) is 13.9. The quantitative estimate of drug-likeness (QED) is 0.439. The van der Waals surface area contributed by atoms with Crippen LogP contribution in [0.1, 0.15) is 48.4 Å². The van der Waals surface area contributed by atoms with Gasteiger partial charge in [-0.15, -0.1) is 0 Å². The van der Waals surface area contributed by atoms with Crippen molar-refractivity contribution in [3.8, 4) is 0 Å². The number of anilines is 1. The number of nitrogens with two attached hydrogens (primary N) is 1. The van der Waals surface area contributed by atoms with Crippen LogP contribution in [-0.2, 0) is 25.7 Å². The summed E-state index contributed by atoms with van der Waals surface area (Å²) in [5, 5.41) is 3.07. The van der Waals surface area contributed by atoms with E-state index in [-0.39, 0.29) is 21.2 Å². The second kappa shape index (κ2) is 5.45. The van der Waals surface area contributed by atoms with Crippen LogP contribution in [-0.4, -0.2) is 4.43 Å². The van der Waals surface area contributed by atoms with E-state index in [1.54, 1.807) is 25.6 Å². The van der Waals surface area contributed by atoms with Gasteiger partial charge < -0.3 is 0 Å². The summed E-state index contributed by atoms with van der Waals surface area (Å²) in [4.78, 5) is 0. The van der Waals surface area contributed by atoms with Gasteiger partial charge in [-0.1, -0.05) is 0 Å². The third-order valence-corrected chi connectivity index (χ3v) is 8.41. The van der Waals surface area contributed by atoms with Gasteiger partial charge in [0.25, 0.3) is 0 Å². The van der Waals surface area contributed by atoms with Gasteiger partial charge in [-0.25, -0.2) is 0 Å². The molecule has 4 rings (SSSR count). The predicted molar refractivity (Wildman–Crippen MR) is 86.3 cm³/mol. The van der Waals surface area contributed by atoms with E-state index < -0.39 is 0 Å². The molecule has 0 aromatic heterocycles. The number of rotatable bonds is 1. The van der Waals surface area contributed by atoms with Crippen molar-refractivity contribution in [1.82, 2.24) is 0 Å². The molecular formula is C19H23IN-. The van der Waals surface area contributed by atoms with Gasteiger partial charge in [0.05, 0.1) is 0 Å². The van der Waals surface area contributed by atoms with E-state index in [4.69, 9.17) is 5.73 Å². The first-order valence-electron chi connectivity index (χ1n) is 8.27. The molecule has 0 spiro atoms. The van der Waals surface area contributed by atoms with Gasteiger partial charge in [-0.3, -0.25) is 0 Å². The summed E-state index contributed by atoms with van der Waals surface area (Å²) in [7, 11) is 0. The van der Waals surface area contributed by atoms with Crippen LogP contribution in [0, 0.1) is 3.57 Å². The Morgan fingerprint density at radius 1 is 0.952 bits per heavy atom. The summed E-state index contributed by atoms with van der Waals surface area (Å²) in [6.45, 7) is 2.31. The molecule has 0 saturated heterocycles. The Balaban J connectivity index is 2.09. The van der Waals surface area contributed by atoms with Gasteiger partial charge in [-0.2, -0.15) is 0 Å². The maximum absolute atomic E-state index is 6.43. The third-order valence-electron chi connectivity index (χ3n) is 5.11. The number of fused-ring (bicyclic) bond motifs is 5. The molecule has 2 aromatic carbocycles. The minimum atomic E-state index is 0.163. The molecule has 2 heteroatoms. The Kier molecular flexibility index (Phi) is 3.60. The van der Waals surface area contributed by atoms with E-state index in [2.05, 4.69) is 19.1 Å². The van der Waals surface area contributed by atoms with Crippen molar-refractivity contribution in [2.24, 2.45) is 0 Å². The molecule has 2 aliphatic rings. The zero-order valence-electron chi connectivity index (χ0n) is 12.8. The first-order valence-corrected chi connectivity index (χ1v) is 10.9. The van der Waals surface area contributed by atoms with Gasteiger partial charge in [-0.05, 0) is 0 Å². The Bertz CT molecular complexity index is 718. The molecule has 2 aromatic rings. The van der Waals surface area contributed by atoms with Gasteiger partial charge >= 0.3 is 138 Å². The summed E-state index contributed by atoms with van der Waals surface area (Å²) >= 11 is 0.163. The molecule has 21 heavy (non-hydrogen) atoms. The molecule has 1 aliphatic carbocycles. The average molecular weight is 392 g/mol. The summed E-state index contributed by atoms with van der Waals surface area (Å²) in [5.74, 6) is 0. The Morgan fingerprint density at radius 3 is 2.52 bits per heavy atom. The van der Waals surface area contributed by atoms with E-state index in [0.717, 1.165) is 5.69 Å². The fourth-order valence-corrected chi connectivity index (χ4v) is 7.26. The Hall–Kier alpha value is -0.770. The van der Waals surface area contributed by atoms with Crippen LogP contribution in [0.5, 0.6) is 0 Å². The second-order valence-electron chi connectivity index (χ2n) is 6.33. The molecular weight excluding hydrogens is 369 g/mol. The van der Waals surface area contributed by atoms with Crippen LogP contribution in [0.3, 0.4) is 0 Å². The number of benzene rings is 2. The van der Waals surface area contributed by atoms with Crippen LogP contribution in [0.2, 0.25) is 0 Å². The van der Waals surface area contributed by atoms with E-state index in [0.29, 0.717) is 0 Å². The molecule has 0 unspecified atom stereocenters.